The first kappa shape index (κ1) is 19.4. The third kappa shape index (κ3) is 6.15. The Balaban J connectivity index is 0.000000342. The van der Waals surface area contributed by atoms with Gasteiger partial charge in [-0.05, 0) is 38.3 Å². The third-order valence-electron chi connectivity index (χ3n) is 3.11. The Morgan fingerprint density at radius 1 is 0.905 bits per heavy atom. The van der Waals surface area contributed by atoms with Crippen LogP contribution in [-0.4, -0.2) is 19.6 Å². The Morgan fingerprint density at radius 3 is 1.81 bits per heavy atom. The molecule has 0 unspecified atom stereocenters. The number of hydrogen-bond acceptors (Lipinski definition) is 2. The third-order valence-corrected chi connectivity index (χ3v) is 3.11. The lowest BCUT2D eigenvalue weighted by molar-refractivity contribution is 0.598. The van der Waals surface area contributed by atoms with Gasteiger partial charge in [0.15, 0.2) is 0 Å². The van der Waals surface area contributed by atoms with E-state index in [0.717, 1.165) is 19.5 Å². The van der Waals surface area contributed by atoms with Crippen LogP contribution in [0, 0.1) is 0 Å². The molecule has 2 rings (SSSR count). The minimum Gasteiger partial charge on any atom is -0.270 e. The molecule has 0 fully saturated rings. The van der Waals surface area contributed by atoms with Gasteiger partial charge in [0.25, 0.3) is 0 Å². The van der Waals surface area contributed by atoms with Gasteiger partial charge in [-0.1, -0.05) is 34.6 Å². The molecule has 0 spiro atoms. The molecule has 4 nitrogen and oxygen atoms in total. The second kappa shape index (κ2) is 11.1. The van der Waals surface area contributed by atoms with E-state index in [-0.39, 0.29) is 0 Å². The number of aromatic nitrogens is 4. The van der Waals surface area contributed by atoms with E-state index in [1.165, 1.54) is 11.4 Å². The first-order valence-electron chi connectivity index (χ1n) is 8.16. The average molecular weight is 292 g/mol. The van der Waals surface area contributed by atoms with E-state index in [9.17, 15) is 0 Å². The van der Waals surface area contributed by atoms with Crippen molar-refractivity contribution in [2.75, 3.05) is 0 Å². The van der Waals surface area contributed by atoms with Crippen molar-refractivity contribution in [3.05, 3.63) is 35.9 Å². The van der Waals surface area contributed by atoms with E-state index in [1.54, 1.807) is 0 Å². The van der Waals surface area contributed by atoms with Crippen LogP contribution in [0.25, 0.3) is 0 Å². The Morgan fingerprint density at radius 2 is 1.43 bits per heavy atom. The second-order valence-corrected chi connectivity index (χ2v) is 4.72. The van der Waals surface area contributed by atoms with E-state index in [0.29, 0.717) is 5.92 Å². The van der Waals surface area contributed by atoms with Gasteiger partial charge in [-0.15, -0.1) is 0 Å². The van der Waals surface area contributed by atoms with Crippen molar-refractivity contribution in [1.82, 2.24) is 19.6 Å². The fraction of sp³-hybridized carbons (Fsp3) is 0.647. The maximum atomic E-state index is 4.17. The van der Waals surface area contributed by atoms with Crippen molar-refractivity contribution >= 4 is 0 Å². The van der Waals surface area contributed by atoms with Crippen LogP contribution in [-0.2, 0) is 19.5 Å². The predicted molar refractivity (Wildman–Crippen MR) is 90.6 cm³/mol. The summed E-state index contributed by atoms with van der Waals surface area (Å²) in [6, 6.07) is 4.14. The van der Waals surface area contributed by atoms with Crippen LogP contribution in [0.3, 0.4) is 0 Å². The first-order valence-corrected chi connectivity index (χ1v) is 8.16. The van der Waals surface area contributed by atoms with Crippen LogP contribution < -0.4 is 0 Å². The molecule has 0 bridgehead atoms. The normalized spacial score (nSPS) is 9.71. The number of hydrogen-bond donors (Lipinski definition) is 0. The lowest BCUT2D eigenvalue weighted by Crippen LogP contribution is -2.03. The van der Waals surface area contributed by atoms with Gasteiger partial charge in [-0.2, -0.15) is 10.2 Å². The van der Waals surface area contributed by atoms with Crippen molar-refractivity contribution in [3.8, 4) is 0 Å². The Kier molecular flexibility index (Phi) is 10.3. The number of aryl methyl sites for hydroxylation is 3. The molecule has 0 atom stereocenters. The molecule has 21 heavy (non-hydrogen) atoms. The van der Waals surface area contributed by atoms with E-state index in [2.05, 4.69) is 56.9 Å². The molecule has 0 saturated heterocycles. The zero-order chi connectivity index (χ0) is 16.3. The van der Waals surface area contributed by atoms with Crippen molar-refractivity contribution in [1.29, 1.82) is 0 Å². The number of rotatable bonds is 4. The Labute approximate surface area is 130 Å². The quantitative estimate of drug-likeness (QED) is 0.830. The molecule has 2 aromatic heterocycles. The molecular weight excluding hydrogens is 260 g/mol. The molecule has 0 aliphatic rings. The summed E-state index contributed by atoms with van der Waals surface area (Å²) < 4.78 is 4.05. The summed E-state index contributed by atoms with van der Waals surface area (Å²) in [6.45, 7) is 16.7. The van der Waals surface area contributed by atoms with Crippen LogP contribution in [0.2, 0.25) is 0 Å². The lowest BCUT2D eigenvalue weighted by Gasteiger charge is -2.06. The molecule has 0 aromatic carbocycles. The molecular formula is C17H32N4. The van der Waals surface area contributed by atoms with Crippen molar-refractivity contribution < 1.29 is 0 Å². The highest BCUT2D eigenvalue weighted by Gasteiger charge is 2.03. The fourth-order valence-electron chi connectivity index (χ4n) is 2.04. The van der Waals surface area contributed by atoms with Crippen molar-refractivity contribution in [2.24, 2.45) is 0 Å². The zero-order valence-corrected chi connectivity index (χ0v) is 14.8. The number of nitrogens with zero attached hydrogens (tertiary/aromatic N) is 4. The van der Waals surface area contributed by atoms with Crippen molar-refractivity contribution in [2.45, 2.75) is 73.9 Å². The standard InChI is InChI=1S/C8H14N2.C7H12N2.C2H6/c1-4-10-8(7(2)3)5-6-9-10;1-3-7-5-6-8-9(7)4-2;1-2/h5-7H,4H2,1-3H3;5-6H,3-4H2,1-2H3;1-2H3. The van der Waals surface area contributed by atoms with Gasteiger partial charge in [0.1, 0.15) is 0 Å². The van der Waals surface area contributed by atoms with Gasteiger partial charge < -0.3 is 0 Å². The van der Waals surface area contributed by atoms with Gasteiger partial charge in [-0.25, -0.2) is 0 Å². The molecule has 0 amide bonds. The highest BCUT2D eigenvalue weighted by molar-refractivity contribution is 5.04. The second-order valence-electron chi connectivity index (χ2n) is 4.72. The lowest BCUT2D eigenvalue weighted by atomic mass is 10.1. The fourth-order valence-corrected chi connectivity index (χ4v) is 2.04. The zero-order valence-electron chi connectivity index (χ0n) is 14.8. The maximum absolute atomic E-state index is 4.17. The average Bonchev–Trinajstić information content (AvgIpc) is 3.17. The van der Waals surface area contributed by atoms with Gasteiger partial charge >= 0.3 is 0 Å². The van der Waals surface area contributed by atoms with Crippen LogP contribution in [0.5, 0.6) is 0 Å². The summed E-state index contributed by atoms with van der Waals surface area (Å²) in [6.07, 6.45) is 4.79. The summed E-state index contributed by atoms with van der Waals surface area (Å²) in [4.78, 5) is 0. The summed E-state index contributed by atoms with van der Waals surface area (Å²) in [5, 5.41) is 8.29. The SMILES string of the molecule is CC.CCc1ccnn1CC.CCn1nccc1C(C)C. The first-order chi connectivity index (χ1) is 10.1. The van der Waals surface area contributed by atoms with E-state index < -0.39 is 0 Å². The van der Waals surface area contributed by atoms with Gasteiger partial charge in [0.05, 0.1) is 0 Å². The molecule has 0 aliphatic heterocycles. The van der Waals surface area contributed by atoms with Gasteiger partial charge in [-0.3, -0.25) is 9.36 Å². The summed E-state index contributed by atoms with van der Waals surface area (Å²) in [5.74, 6) is 0.586. The minimum absolute atomic E-state index is 0.586. The van der Waals surface area contributed by atoms with Crippen LogP contribution >= 0.6 is 0 Å². The predicted octanol–water partition coefficient (Wildman–Crippen LogP) is 4.52. The van der Waals surface area contributed by atoms with E-state index in [4.69, 9.17) is 0 Å². The molecule has 120 valence electrons. The molecule has 0 radical (unpaired) electrons. The molecule has 2 aromatic rings. The molecule has 0 aliphatic carbocycles. The summed E-state index contributed by atoms with van der Waals surface area (Å²) in [5.41, 5.74) is 2.64. The maximum Gasteiger partial charge on any atom is 0.0492 e. The molecule has 0 N–H and O–H groups in total. The van der Waals surface area contributed by atoms with Crippen molar-refractivity contribution in [3.63, 3.8) is 0 Å². The van der Waals surface area contributed by atoms with Gasteiger partial charge in [0, 0.05) is 36.9 Å². The minimum atomic E-state index is 0.586. The smallest absolute Gasteiger partial charge is 0.0492 e. The van der Waals surface area contributed by atoms with E-state index in [1.807, 2.05) is 35.6 Å². The van der Waals surface area contributed by atoms with E-state index >= 15 is 0 Å². The Bertz CT molecular complexity index is 450. The highest BCUT2D eigenvalue weighted by atomic mass is 15.3. The highest BCUT2D eigenvalue weighted by Crippen LogP contribution is 2.12. The Hall–Kier alpha value is -1.58. The molecule has 2 heterocycles. The topological polar surface area (TPSA) is 35.6 Å². The molecule has 0 saturated carbocycles. The van der Waals surface area contributed by atoms with Crippen LogP contribution in [0.4, 0.5) is 0 Å². The van der Waals surface area contributed by atoms with Crippen LogP contribution in [0.15, 0.2) is 24.5 Å². The van der Waals surface area contributed by atoms with Gasteiger partial charge in [0.2, 0.25) is 0 Å². The van der Waals surface area contributed by atoms with Crippen LogP contribution in [0.1, 0.15) is 65.8 Å². The largest absolute Gasteiger partial charge is 0.270 e. The molecule has 4 heteroatoms. The monoisotopic (exact) mass is 292 g/mol. The summed E-state index contributed by atoms with van der Waals surface area (Å²) >= 11 is 0. The summed E-state index contributed by atoms with van der Waals surface area (Å²) in [7, 11) is 0.